The van der Waals surface area contributed by atoms with Crippen molar-refractivity contribution in [2.75, 3.05) is 0 Å². The Morgan fingerprint density at radius 2 is 1.24 bits per heavy atom. The smallest absolute Gasteiger partial charge is 0.179 e. The molecule has 3 aromatic heterocycles. The first-order valence-corrected chi connectivity index (χ1v) is 21.9. The van der Waals surface area contributed by atoms with Crippen LogP contribution < -0.4 is 25.5 Å². The Morgan fingerprint density at radius 1 is 0.552 bits per heavy atom. The van der Waals surface area contributed by atoms with Crippen LogP contribution >= 0.6 is 0 Å². The van der Waals surface area contributed by atoms with E-state index in [1.807, 2.05) is 12.3 Å². The third-order valence-corrected chi connectivity index (χ3v) is 17.1. The summed E-state index contributed by atoms with van der Waals surface area (Å²) in [5, 5.41) is 7.57. The molecule has 1 aliphatic heterocycles. The Hall–Kier alpha value is -7.02. The van der Waals surface area contributed by atoms with Crippen molar-refractivity contribution in [3.63, 3.8) is 0 Å². The molecule has 0 saturated carbocycles. The molecule has 0 N–H and O–H groups in total. The van der Waals surface area contributed by atoms with Crippen LogP contribution in [0.25, 0.3) is 50.0 Å². The van der Waals surface area contributed by atoms with Crippen molar-refractivity contribution < 1.29 is 4.74 Å². The number of hydrogen-bond donors (Lipinski definition) is 0. The molecule has 6 heteroatoms. The van der Waals surface area contributed by atoms with Gasteiger partial charge in [0.05, 0.1) is 22.1 Å². The lowest BCUT2D eigenvalue weighted by atomic mass is 9.74. The number of hydrogen-bond acceptors (Lipinski definition) is 3. The van der Waals surface area contributed by atoms with E-state index in [2.05, 4.69) is 206 Å². The molecule has 0 radical (unpaired) electrons. The zero-order chi connectivity index (χ0) is 39.0. The fraction of sp³-hybridized carbons (Fsp3) is 0.0769. The molecule has 0 atom stereocenters. The molecular weight excluding hydrogens is 725 g/mol. The summed E-state index contributed by atoms with van der Waals surface area (Å²) in [7, 11) is -0.895. The highest BCUT2D eigenvalue weighted by Gasteiger charge is 2.43. The van der Waals surface area contributed by atoms with Crippen LogP contribution in [0.3, 0.4) is 0 Å². The lowest BCUT2D eigenvalue weighted by Gasteiger charge is -2.35. The summed E-state index contributed by atoms with van der Waals surface area (Å²) >= 11 is 0. The number of nitrogens with zero attached hydrogens (tertiary/aromatic N) is 4. The van der Waals surface area contributed by atoms with Crippen molar-refractivity contribution in [3.05, 3.63) is 199 Å². The first-order valence-electron chi connectivity index (χ1n) is 19.9. The van der Waals surface area contributed by atoms with Gasteiger partial charge >= 0.3 is 0 Å². The lowest BCUT2D eigenvalue weighted by molar-refractivity contribution is 0.420. The molecule has 0 aliphatic carbocycles. The van der Waals surface area contributed by atoms with Gasteiger partial charge in [-0.25, -0.2) is 9.97 Å². The number of aromatic nitrogens is 4. The second kappa shape index (κ2) is 13.0. The zero-order valence-corrected chi connectivity index (χ0v) is 33.6. The first kappa shape index (κ1) is 34.2. The van der Waals surface area contributed by atoms with Gasteiger partial charge in [0.2, 0.25) is 0 Å². The third kappa shape index (κ3) is 4.95. The van der Waals surface area contributed by atoms with E-state index in [4.69, 9.17) is 14.7 Å². The van der Waals surface area contributed by atoms with Crippen molar-refractivity contribution >= 4 is 61.7 Å². The van der Waals surface area contributed by atoms with Crippen LogP contribution in [-0.4, -0.2) is 27.2 Å². The van der Waals surface area contributed by atoms with E-state index in [0.29, 0.717) is 0 Å². The van der Waals surface area contributed by atoms with Crippen molar-refractivity contribution in [3.8, 4) is 28.7 Å². The van der Waals surface area contributed by atoms with Crippen LogP contribution in [-0.2, 0) is 12.5 Å². The predicted octanol–water partition coefficient (Wildman–Crippen LogP) is 9.54. The third-order valence-electron chi connectivity index (χ3n) is 12.4. The van der Waals surface area contributed by atoms with Gasteiger partial charge in [0.25, 0.3) is 0 Å². The highest BCUT2D eigenvalue weighted by atomic mass is 28.3. The maximum Gasteiger partial charge on any atom is 0.179 e. The van der Waals surface area contributed by atoms with Gasteiger partial charge in [-0.1, -0.05) is 147 Å². The molecular formula is C52H40N4OSi. The summed E-state index contributed by atoms with van der Waals surface area (Å²) in [6, 6.07) is 66.0. The Bertz CT molecular complexity index is 3150. The summed E-state index contributed by atoms with van der Waals surface area (Å²) < 4.78 is 11.3. The van der Waals surface area contributed by atoms with Crippen molar-refractivity contribution in [2.24, 2.45) is 7.05 Å². The van der Waals surface area contributed by atoms with Crippen molar-refractivity contribution in [1.29, 1.82) is 0 Å². The number of imidazole rings is 1. The molecule has 0 amide bonds. The molecule has 0 spiro atoms. The minimum absolute atomic E-state index is 0.311. The standard InChI is InChI=1S/C52H40N4OSi/c1-52(2)41-23-10-13-26-46(41)57-47-31-30-44-49(50(47)52)40-29-28-39(34-45(40)56(44)48-27-14-15-32-53-48)58(36-18-6-4-7-19-36,37-20-8-5-9-21-37)38-22-16-17-35(33-38)51-54-42-24-11-12-25-43(42)55(51)3/h4-34H,1-3H3. The van der Waals surface area contributed by atoms with E-state index >= 15 is 0 Å². The molecule has 4 heterocycles. The van der Waals surface area contributed by atoms with Gasteiger partial charge in [-0.05, 0) is 69.3 Å². The van der Waals surface area contributed by atoms with Crippen LogP contribution in [0.1, 0.15) is 25.0 Å². The molecule has 278 valence electrons. The average molecular weight is 765 g/mol. The summed E-state index contributed by atoms with van der Waals surface area (Å²) in [5.41, 5.74) is 7.50. The number of para-hydroxylation sites is 3. The number of fused-ring (bicyclic) bond motifs is 7. The van der Waals surface area contributed by atoms with E-state index < -0.39 is 8.07 Å². The first-order chi connectivity index (χ1) is 28.4. The van der Waals surface area contributed by atoms with Gasteiger partial charge in [-0.2, -0.15) is 0 Å². The summed E-state index contributed by atoms with van der Waals surface area (Å²) in [6.45, 7) is 4.65. The molecule has 58 heavy (non-hydrogen) atoms. The van der Waals surface area contributed by atoms with Crippen molar-refractivity contribution in [1.82, 2.24) is 19.1 Å². The summed E-state index contributed by atoms with van der Waals surface area (Å²) in [5.74, 6) is 3.65. The average Bonchev–Trinajstić information content (AvgIpc) is 3.79. The predicted molar refractivity (Wildman–Crippen MR) is 241 cm³/mol. The molecule has 10 aromatic rings. The second-order valence-corrected chi connectivity index (χ2v) is 19.7. The number of pyridine rings is 1. The van der Waals surface area contributed by atoms with Crippen molar-refractivity contribution in [2.45, 2.75) is 19.3 Å². The van der Waals surface area contributed by atoms with Crippen LogP contribution in [0.2, 0.25) is 0 Å². The molecule has 0 saturated heterocycles. The molecule has 0 bridgehead atoms. The lowest BCUT2D eigenvalue weighted by Crippen LogP contribution is -2.74. The Kier molecular flexibility index (Phi) is 7.68. The quantitative estimate of drug-likeness (QED) is 0.125. The Labute approximate surface area is 338 Å². The molecule has 5 nitrogen and oxygen atoms in total. The van der Waals surface area contributed by atoms with E-state index in [0.717, 1.165) is 50.8 Å². The van der Waals surface area contributed by atoms with Crippen LogP contribution in [0.15, 0.2) is 188 Å². The molecule has 1 aliphatic rings. The highest BCUT2D eigenvalue weighted by Crippen LogP contribution is 2.52. The number of rotatable bonds is 6. The van der Waals surface area contributed by atoms with Gasteiger partial charge in [0, 0.05) is 46.1 Å². The minimum Gasteiger partial charge on any atom is -0.457 e. The number of aryl methyl sites for hydroxylation is 1. The minimum atomic E-state index is -3.01. The van der Waals surface area contributed by atoms with Crippen LogP contribution in [0.5, 0.6) is 11.5 Å². The van der Waals surface area contributed by atoms with E-state index in [1.54, 1.807) is 0 Å². The van der Waals surface area contributed by atoms with Crippen LogP contribution in [0, 0.1) is 0 Å². The molecule has 0 fully saturated rings. The SMILES string of the molecule is Cn1c(-c2cccc([Si](c3ccccc3)(c3ccccc3)c3ccc4c5c6c(ccc5n(-c5ccccn5)c4c3)Oc3ccccc3C6(C)C)c2)nc2ccccc21. The number of benzene rings is 7. The summed E-state index contributed by atoms with van der Waals surface area (Å²) in [4.78, 5) is 10.1. The van der Waals surface area contributed by atoms with E-state index in [1.165, 1.54) is 42.6 Å². The van der Waals surface area contributed by atoms with Gasteiger partial charge in [-0.3, -0.25) is 4.57 Å². The molecule has 0 unspecified atom stereocenters. The van der Waals surface area contributed by atoms with Crippen LogP contribution in [0.4, 0.5) is 0 Å². The largest absolute Gasteiger partial charge is 0.457 e. The fourth-order valence-corrected chi connectivity index (χ4v) is 14.5. The maximum absolute atomic E-state index is 6.69. The number of ether oxygens (including phenoxy) is 1. The van der Waals surface area contributed by atoms with Gasteiger partial charge in [0.1, 0.15) is 23.1 Å². The van der Waals surface area contributed by atoms with E-state index in [9.17, 15) is 0 Å². The van der Waals surface area contributed by atoms with Gasteiger partial charge in [-0.15, -0.1) is 0 Å². The Balaban J connectivity index is 1.24. The normalized spacial score (nSPS) is 13.4. The fourth-order valence-electron chi connectivity index (χ4n) is 9.76. The Morgan fingerprint density at radius 3 is 2.00 bits per heavy atom. The molecule has 7 aromatic carbocycles. The highest BCUT2D eigenvalue weighted by molar-refractivity contribution is 7.20. The van der Waals surface area contributed by atoms with E-state index in [-0.39, 0.29) is 5.41 Å². The second-order valence-electron chi connectivity index (χ2n) is 15.9. The maximum atomic E-state index is 6.69. The topological polar surface area (TPSA) is 44.9 Å². The monoisotopic (exact) mass is 764 g/mol. The molecule has 11 rings (SSSR count). The summed E-state index contributed by atoms with van der Waals surface area (Å²) in [6.07, 6.45) is 1.89. The van der Waals surface area contributed by atoms with Gasteiger partial charge < -0.3 is 9.30 Å². The zero-order valence-electron chi connectivity index (χ0n) is 32.6. The van der Waals surface area contributed by atoms with Gasteiger partial charge in [0.15, 0.2) is 8.07 Å².